The van der Waals surface area contributed by atoms with E-state index in [1.165, 1.54) is 12.1 Å². The fraction of sp³-hybridized carbons (Fsp3) is 0.0870. The number of nitrogens with zero attached hydrogens (tertiary/aromatic N) is 2. The van der Waals surface area contributed by atoms with Crippen molar-refractivity contribution in [1.29, 1.82) is 0 Å². The van der Waals surface area contributed by atoms with Crippen molar-refractivity contribution in [3.05, 3.63) is 88.6 Å². The minimum Gasteiger partial charge on any atom is -0.296 e. The van der Waals surface area contributed by atoms with Crippen molar-refractivity contribution in [1.82, 2.24) is 8.97 Å². The molecule has 0 saturated heterocycles. The molecule has 132 valence electrons. The third kappa shape index (κ3) is 2.10. The molecule has 0 N–H and O–H groups in total. The summed E-state index contributed by atoms with van der Waals surface area (Å²) in [5.41, 5.74) is 4.91. The molecule has 0 saturated carbocycles. The first-order chi connectivity index (χ1) is 13.1. The van der Waals surface area contributed by atoms with Crippen LogP contribution in [0.4, 0.5) is 4.39 Å². The van der Waals surface area contributed by atoms with Crippen LogP contribution in [0.5, 0.6) is 0 Å². The minimum atomic E-state index is -0.297. The Balaban J connectivity index is 2.20. The molecule has 0 aliphatic heterocycles. The SMILES string of the molecule is Cc1cc(F)cc2c(-c3ccccc3)c3c4ccccc4n(C)c(=O)n3c12. The van der Waals surface area contributed by atoms with E-state index in [2.05, 4.69) is 0 Å². The van der Waals surface area contributed by atoms with Crippen LogP contribution < -0.4 is 5.69 Å². The zero-order valence-corrected chi connectivity index (χ0v) is 15.0. The monoisotopic (exact) mass is 356 g/mol. The highest BCUT2D eigenvalue weighted by molar-refractivity contribution is 6.14. The van der Waals surface area contributed by atoms with E-state index in [-0.39, 0.29) is 11.5 Å². The zero-order chi connectivity index (χ0) is 18.7. The van der Waals surface area contributed by atoms with E-state index in [0.29, 0.717) is 0 Å². The predicted octanol–water partition coefficient (Wildman–Crippen LogP) is 5.06. The number of hydrogen-bond donors (Lipinski definition) is 0. The molecule has 0 amide bonds. The lowest BCUT2D eigenvalue weighted by Gasteiger charge is -2.10. The summed E-state index contributed by atoms with van der Waals surface area (Å²) in [7, 11) is 1.77. The lowest BCUT2D eigenvalue weighted by Crippen LogP contribution is -2.24. The number of benzene rings is 3. The molecule has 2 aromatic heterocycles. The maximum Gasteiger partial charge on any atom is 0.333 e. The molecule has 27 heavy (non-hydrogen) atoms. The molecular formula is C23H17FN2O. The molecule has 5 rings (SSSR count). The Morgan fingerprint density at radius 1 is 0.852 bits per heavy atom. The van der Waals surface area contributed by atoms with Gasteiger partial charge in [0.2, 0.25) is 0 Å². The van der Waals surface area contributed by atoms with Crippen LogP contribution in [0, 0.1) is 12.7 Å². The number of hydrogen-bond acceptors (Lipinski definition) is 1. The van der Waals surface area contributed by atoms with Gasteiger partial charge >= 0.3 is 5.69 Å². The van der Waals surface area contributed by atoms with Crippen molar-refractivity contribution in [2.24, 2.45) is 7.05 Å². The van der Waals surface area contributed by atoms with Crippen molar-refractivity contribution in [3.63, 3.8) is 0 Å². The summed E-state index contributed by atoms with van der Waals surface area (Å²) < 4.78 is 17.7. The molecule has 0 spiro atoms. The largest absolute Gasteiger partial charge is 0.333 e. The zero-order valence-electron chi connectivity index (χ0n) is 15.0. The molecule has 0 atom stereocenters. The topological polar surface area (TPSA) is 26.4 Å². The second kappa shape index (κ2) is 5.55. The number of aryl methyl sites for hydroxylation is 2. The van der Waals surface area contributed by atoms with E-state index in [1.807, 2.05) is 61.5 Å². The maximum absolute atomic E-state index is 14.3. The highest BCUT2D eigenvalue weighted by Gasteiger charge is 2.21. The van der Waals surface area contributed by atoms with Gasteiger partial charge in [0.15, 0.2) is 0 Å². The van der Waals surface area contributed by atoms with Crippen LogP contribution in [-0.4, -0.2) is 8.97 Å². The normalized spacial score (nSPS) is 11.7. The van der Waals surface area contributed by atoms with Crippen molar-refractivity contribution < 1.29 is 4.39 Å². The summed E-state index contributed by atoms with van der Waals surface area (Å²) in [4.78, 5) is 13.3. The minimum absolute atomic E-state index is 0.134. The summed E-state index contributed by atoms with van der Waals surface area (Å²) in [5.74, 6) is -0.297. The average molecular weight is 356 g/mol. The van der Waals surface area contributed by atoms with E-state index in [4.69, 9.17) is 0 Å². The van der Waals surface area contributed by atoms with Crippen LogP contribution in [0.1, 0.15) is 5.56 Å². The van der Waals surface area contributed by atoms with Gasteiger partial charge in [-0.3, -0.25) is 8.97 Å². The van der Waals surface area contributed by atoms with Crippen molar-refractivity contribution in [2.45, 2.75) is 6.92 Å². The molecule has 3 nitrogen and oxygen atoms in total. The van der Waals surface area contributed by atoms with Gasteiger partial charge in [-0.2, -0.15) is 0 Å². The summed E-state index contributed by atoms with van der Waals surface area (Å²) in [6.45, 7) is 1.85. The molecule has 0 unspecified atom stereocenters. The van der Waals surface area contributed by atoms with Gasteiger partial charge in [0, 0.05) is 23.4 Å². The van der Waals surface area contributed by atoms with Crippen LogP contribution in [-0.2, 0) is 7.05 Å². The lowest BCUT2D eigenvalue weighted by molar-refractivity contribution is 0.628. The lowest BCUT2D eigenvalue weighted by atomic mass is 10.00. The number of halogens is 1. The first kappa shape index (κ1) is 15.8. The van der Waals surface area contributed by atoms with Gasteiger partial charge in [0.25, 0.3) is 0 Å². The smallest absolute Gasteiger partial charge is 0.296 e. The van der Waals surface area contributed by atoms with E-state index in [9.17, 15) is 9.18 Å². The molecule has 3 aromatic carbocycles. The Hall–Kier alpha value is -3.40. The van der Waals surface area contributed by atoms with Crippen molar-refractivity contribution in [2.75, 3.05) is 0 Å². The summed E-state index contributed by atoms with van der Waals surface area (Å²) in [6, 6.07) is 20.7. The molecule has 2 heterocycles. The van der Waals surface area contributed by atoms with Crippen LogP contribution in [0.15, 0.2) is 71.5 Å². The fourth-order valence-corrected chi connectivity index (χ4v) is 4.14. The van der Waals surface area contributed by atoms with Crippen molar-refractivity contribution in [3.8, 4) is 11.1 Å². The second-order valence-corrected chi connectivity index (χ2v) is 6.90. The third-order valence-electron chi connectivity index (χ3n) is 5.28. The Labute approximate surface area is 154 Å². The first-order valence-electron chi connectivity index (χ1n) is 8.85. The van der Waals surface area contributed by atoms with Gasteiger partial charge in [0.05, 0.1) is 16.6 Å². The van der Waals surface area contributed by atoms with Gasteiger partial charge < -0.3 is 0 Å². The molecule has 4 heteroatoms. The summed E-state index contributed by atoms with van der Waals surface area (Å²) >= 11 is 0. The predicted molar refractivity (Wildman–Crippen MR) is 108 cm³/mol. The Kier molecular flexibility index (Phi) is 3.25. The highest BCUT2D eigenvalue weighted by Crippen LogP contribution is 2.39. The fourth-order valence-electron chi connectivity index (χ4n) is 4.14. The van der Waals surface area contributed by atoms with E-state index < -0.39 is 0 Å². The Bertz CT molecular complexity index is 1410. The van der Waals surface area contributed by atoms with Gasteiger partial charge in [-0.05, 0) is 36.2 Å². The van der Waals surface area contributed by atoms with Gasteiger partial charge in [-0.25, -0.2) is 9.18 Å². The van der Waals surface area contributed by atoms with Crippen LogP contribution in [0.25, 0.3) is 38.4 Å². The van der Waals surface area contributed by atoms with Crippen molar-refractivity contribution >= 4 is 27.3 Å². The average Bonchev–Trinajstić information content (AvgIpc) is 3.02. The molecule has 0 radical (unpaired) electrons. The van der Waals surface area contributed by atoms with Crippen LogP contribution >= 0.6 is 0 Å². The second-order valence-electron chi connectivity index (χ2n) is 6.90. The van der Waals surface area contributed by atoms with Crippen LogP contribution in [0.2, 0.25) is 0 Å². The first-order valence-corrected chi connectivity index (χ1v) is 8.85. The number of rotatable bonds is 1. The summed E-state index contributed by atoms with van der Waals surface area (Å²) in [6.07, 6.45) is 0. The molecular weight excluding hydrogens is 339 g/mol. The maximum atomic E-state index is 14.3. The Morgan fingerprint density at radius 3 is 2.33 bits per heavy atom. The third-order valence-corrected chi connectivity index (χ3v) is 5.28. The molecule has 0 fully saturated rings. The highest BCUT2D eigenvalue weighted by atomic mass is 19.1. The van der Waals surface area contributed by atoms with E-state index in [0.717, 1.165) is 44.0 Å². The quantitative estimate of drug-likeness (QED) is 0.412. The van der Waals surface area contributed by atoms with Gasteiger partial charge in [-0.15, -0.1) is 0 Å². The Morgan fingerprint density at radius 2 is 1.56 bits per heavy atom. The van der Waals surface area contributed by atoms with Gasteiger partial charge in [0.1, 0.15) is 5.82 Å². The standard InChI is InChI=1S/C23H17FN2O/c1-14-12-16(24)13-18-20(15-8-4-3-5-9-15)22-17-10-6-7-11-19(17)25(2)23(27)26(22)21(14)18/h3-13H,1-2H3. The van der Waals surface area contributed by atoms with Crippen LogP contribution in [0.3, 0.4) is 0 Å². The summed E-state index contributed by atoms with van der Waals surface area (Å²) in [5, 5.41) is 1.72. The van der Waals surface area contributed by atoms with E-state index >= 15 is 0 Å². The molecule has 0 aliphatic carbocycles. The number of fused-ring (bicyclic) bond motifs is 5. The van der Waals surface area contributed by atoms with Gasteiger partial charge in [-0.1, -0.05) is 48.5 Å². The molecule has 5 aromatic rings. The number of para-hydroxylation sites is 1. The molecule has 0 aliphatic rings. The number of aromatic nitrogens is 2. The van der Waals surface area contributed by atoms with E-state index in [1.54, 1.807) is 16.0 Å². The molecule has 0 bridgehead atoms.